The van der Waals surface area contributed by atoms with Gasteiger partial charge in [-0.15, -0.1) is 0 Å². The number of carboxylic acids is 1. The Morgan fingerprint density at radius 2 is 2.00 bits per heavy atom. The Kier molecular flexibility index (Phi) is 6.30. The Morgan fingerprint density at radius 3 is 2.68 bits per heavy atom. The summed E-state index contributed by atoms with van der Waals surface area (Å²) in [6, 6.07) is 11.7. The van der Waals surface area contributed by atoms with Crippen LogP contribution in [0.4, 0.5) is 0 Å². The molecule has 2 heterocycles. The number of nitrogens with zero attached hydrogens (tertiary/aromatic N) is 1. The second-order valence-electron chi connectivity index (χ2n) is 8.40. The van der Waals surface area contributed by atoms with Crippen molar-refractivity contribution in [1.82, 2.24) is 9.88 Å². The molecule has 0 radical (unpaired) electrons. The molecule has 0 spiro atoms. The van der Waals surface area contributed by atoms with Gasteiger partial charge >= 0.3 is 5.97 Å². The Bertz CT molecular complexity index is 1060. The van der Waals surface area contributed by atoms with Crippen molar-refractivity contribution in [3.05, 3.63) is 64.8 Å². The van der Waals surface area contributed by atoms with E-state index in [-0.39, 0.29) is 6.04 Å². The minimum absolute atomic E-state index is 0.191. The summed E-state index contributed by atoms with van der Waals surface area (Å²) in [6.45, 7) is 4.55. The van der Waals surface area contributed by atoms with Gasteiger partial charge in [0.25, 0.3) is 0 Å². The molecule has 1 aliphatic heterocycles. The van der Waals surface area contributed by atoms with Crippen LogP contribution in [-0.4, -0.2) is 48.3 Å². The molecular weight excluding hydrogens is 392 g/mol. The van der Waals surface area contributed by atoms with Crippen LogP contribution in [0.25, 0.3) is 10.9 Å². The number of aryl methyl sites for hydroxylation is 1. The molecule has 3 aromatic rings. The van der Waals surface area contributed by atoms with Crippen LogP contribution in [0.5, 0.6) is 5.75 Å². The third-order valence-corrected chi connectivity index (χ3v) is 6.46. The Balaban J connectivity index is 1.69. The van der Waals surface area contributed by atoms with Gasteiger partial charge in [0, 0.05) is 49.0 Å². The average Bonchev–Trinajstić information content (AvgIpc) is 3.27. The smallest absolute Gasteiger partial charge is 0.335 e. The first-order valence-electron chi connectivity index (χ1n) is 10.7. The molecular formula is C25H30N2O4. The molecule has 1 aliphatic rings. The molecule has 2 aromatic carbocycles. The number of benzene rings is 2. The molecule has 0 saturated carbocycles. The number of nitrogens with one attached hydrogen (secondary N) is 1. The molecule has 6 nitrogen and oxygen atoms in total. The number of aromatic amines is 1. The topological polar surface area (TPSA) is 74.8 Å². The Morgan fingerprint density at radius 1 is 1.23 bits per heavy atom. The van der Waals surface area contributed by atoms with Gasteiger partial charge in [0.15, 0.2) is 0 Å². The van der Waals surface area contributed by atoms with Crippen molar-refractivity contribution in [3.63, 3.8) is 0 Å². The fourth-order valence-corrected chi connectivity index (χ4v) is 4.84. The van der Waals surface area contributed by atoms with Crippen LogP contribution in [0, 0.1) is 12.8 Å². The number of carbonyl (C=O) groups is 1. The molecule has 31 heavy (non-hydrogen) atoms. The van der Waals surface area contributed by atoms with Gasteiger partial charge < -0.3 is 19.6 Å². The zero-order valence-corrected chi connectivity index (χ0v) is 18.4. The van der Waals surface area contributed by atoms with E-state index in [0.29, 0.717) is 11.5 Å². The van der Waals surface area contributed by atoms with Crippen molar-refractivity contribution in [3.8, 4) is 5.75 Å². The van der Waals surface area contributed by atoms with E-state index in [1.165, 1.54) is 16.5 Å². The number of methoxy groups -OCH3 is 2. The summed E-state index contributed by atoms with van der Waals surface area (Å²) in [4.78, 5) is 17.1. The number of piperidine rings is 1. The van der Waals surface area contributed by atoms with E-state index in [0.717, 1.165) is 49.4 Å². The molecule has 1 fully saturated rings. The first-order valence-corrected chi connectivity index (χ1v) is 10.7. The van der Waals surface area contributed by atoms with Crippen LogP contribution in [0.15, 0.2) is 42.6 Å². The lowest BCUT2D eigenvalue weighted by molar-refractivity contribution is 0.0579. The first-order chi connectivity index (χ1) is 15.0. The van der Waals surface area contributed by atoms with E-state index in [2.05, 4.69) is 28.9 Å². The van der Waals surface area contributed by atoms with Crippen molar-refractivity contribution in [2.75, 3.05) is 27.4 Å². The molecule has 1 saturated heterocycles. The predicted octanol–water partition coefficient (Wildman–Crippen LogP) is 4.78. The van der Waals surface area contributed by atoms with E-state index >= 15 is 0 Å². The maximum Gasteiger partial charge on any atom is 0.335 e. The molecule has 1 aromatic heterocycles. The summed E-state index contributed by atoms with van der Waals surface area (Å²) in [5.74, 6) is 0.490. The maximum absolute atomic E-state index is 11.3. The highest BCUT2D eigenvalue weighted by molar-refractivity contribution is 5.88. The lowest BCUT2D eigenvalue weighted by Gasteiger charge is -2.40. The molecule has 2 atom stereocenters. The molecule has 6 heteroatoms. The van der Waals surface area contributed by atoms with Crippen LogP contribution >= 0.6 is 0 Å². The normalized spacial score (nSPS) is 19.6. The average molecular weight is 423 g/mol. The largest absolute Gasteiger partial charge is 0.496 e. The summed E-state index contributed by atoms with van der Waals surface area (Å²) in [6.07, 6.45) is 4.03. The molecule has 0 amide bonds. The number of hydrogen-bond donors (Lipinski definition) is 2. The number of fused-ring (bicyclic) bond motifs is 1. The SMILES string of the molecule is COC[C@H]1CCN(Cc2c(OC)cc(C)c3[nH]ccc23)[C@H](c2ccc(C(=O)O)cc2)C1. The number of carboxylic acid groups (broad SMARTS) is 1. The zero-order chi connectivity index (χ0) is 22.0. The first kappa shape index (κ1) is 21.4. The highest BCUT2D eigenvalue weighted by Gasteiger charge is 2.31. The molecule has 2 N–H and O–H groups in total. The van der Waals surface area contributed by atoms with Gasteiger partial charge in [0.1, 0.15) is 5.75 Å². The number of likely N-dealkylation sites (tertiary alicyclic amines) is 1. The highest BCUT2D eigenvalue weighted by Crippen LogP contribution is 2.39. The van der Waals surface area contributed by atoms with Crippen LogP contribution in [0.2, 0.25) is 0 Å². The fourth-order valence-electron chi connectivity index (χ4n) is 4.84. The third kappa shape index (κ3) is 4.31. The Labute approximate surface area is 182 Å². The Hall–Kier alpha value is -2.83. The van der Waals surface area contributed by atoms with Crippen molar-refractivity contribution < 1.29 is 19.4 Å². The molecule has 4 rings (SSSR count). The van der Waals surface area contributed by atoms with E-state index in [1.54, 1.807) is 26.4 Å². The lowest BCUT2D eigenvalue weighted by atomic mass is 9.86. The van der Waals surface area contributed by atoms with Gasteiger partial charge in [-0.3, -0.25) is 4.90 Å². The van der Waals surface area contributed by atoms with Gasteiger partial charge in [-0.1, -0.05) is 12.1 Å². The van der Waals surface area contributed by atoms with E-state index < -0.39 is 5.97 Å². The zero-order valence-electron chi connectivity index (χ0n) is 18.4. The van der Waals surface area contributed by atoms with Crippen LogP contribution < -0.4 is 4.74 Å². The summed E-state index contributed by atoms with van der Waals surface area (Å²) in [5.41, 5.74) is 4.95. The second kappa shape index (κ2) is 9.12. The van der Waals surface area contributed by atoms with Gasteiger partial charge in [-0.2, -0.15) is 0 Å². The number of hydrogen-bond acceptors (Lipinski definition) is 4. The number of rotatable bonds is 7. The van der Waals surface area contributed by atoms with E-state index in [1.807, 2.05) is 18.3 Å². The maximum atomic E-state index is 11.3. The summed E-state index contributed by atoms with van der Waals surface area (Å²) >= 11 is 0. The fraction of sp³-hybridized carbons (Fsp3) is 0.400. The van der Waals surface area contributed by atoms with Crippen LogP contribution in [0.1, 0.15) is 45.9 Å². The summed E-state index contributed by atoms with van der Waals surface area (Å²) in [5, 5.41) is 10.5. The van der Waals surface area contributed by atoms with E-state index in [9.17, 15) is 9.90 Å². The molecule has 0 bridgehead atoms. The van der Waals surface area contributed by atoms with Crippen molar-refractivity contribution in [1.29, 1.82) is 0 Å². The number of aromatic nitrogens is 1. The number of H-pyrrole nitrogens is 1. The van der Waals surface area contributed by atoms with Gasteiger partial charge in [-0.05, 0) is 67.6 Å². The minimum atomic E-state index is -0.899. The standard InChI is InChI=1S/C25H30N2O4/c1-16-12-23(31-3)21(20-8-10-26-24(16)20)14-27-11-9-17(15-30-2)13-22(27)18-4-6-19(7-5-18)25(28)29/h4-8,10,12,17,22,26H,9,11,13-15H2,1-3H3,(H,28,29)/t17-,22-/m0/s1. The van der Waals surface area contributed by atoms with Crippen molar-refractivity contribution >= 4 is 16.9 Å². The molecule has 0 aliphatic carbocycles. The quantitative estimate of drug-likeness (QED) is 0.573. The lowest BCUT2D eigenvalue weighted by Crippen LogP contribution is -2.37. The summed E-state index contributed by atoms with van der Waals surface area (Å²) in [7, 11) is 3.48. The molecule has 0 unspecified atom stereocenters. The summed E-state index contributed by atoms with van der Waals surface area (Å²) < 4.78 is 11.2. The number of ether oxygens (including phenoxy) is 2. The third-order valence-electron chi connectivity index (χ3n) is 6.46. The van der Waals surface area contributed by atoms with Crippen molar-refractivity contribution in [2.45, 2.75) is 32.4 Å². The molecule has 164 valence electrons. The van der Waals surface area contributed by atoms with Gasteiger partial charge in [-0.25, -0.2) is 4.79 Å². The minimum Gasteiger partial charge on any atom is -0.496 e. The monoisotopic (exact) mass is 422 g/mol. The van der Waals surface area contributed by atoms with Crippen LogP contribution in [-0.2, 0) is 11.3 Å². The van der Waals surface area contributed by atoms with Crippen LogP contribution in [0.3, 0.4) is 0 Å². The van der Waals surface area contributed by atoms with Crippen molar-refractivity contribution in [2.24, 2.45) is 5.92 Å². The highest BCUT2D eigenvalue weighted by atomic mass is 16.5. The predicted molar refractivity (Wildman–Crippen MR) is 121 cm³/mol. The number of aromatic carboxylic acids is 1. The van der Waals surface area contributed by atoms with E-state index in [4.69, 9.17) is 9.47 Å². The van der Waals surface area contributed by atoms with Gasteiger partial charge in [0.2, 0.25) is 0 Å². The second-order valence-corrected chi connectivity index (χ2v) is 8.40. The van der Waals surface area contributed by atoms with Gasteiger partial charge in [0.05, 0.1) is 12.7 Å².